The van der Waals surface area contributed by atoms with Crippen LogP contribution in [0.2, 0.25) is 0 Å². The third kappa shape index (κ3) is 2.95. The van der Waals surface area contributed by atoms with Crippen LogP contribution in [-0.2, 0) is 0 Å². The van der Waals surface area contributed by atoms with Crippen LogP contribution in [0, 0.1) is 0 Å². The van der Waals surface area contributed by atoms with Crippen molar-refractivity contribution in [3.05, 3.63) is 69.6 Å². The van der Waals surface area contributed by atoms with Crippen molar-refractivity contribution in [2.45, 2.75) is 0 Å². The van der Waals surface area contributed by atoms with Gasteiger partial charge in [-0.2, -0.15) is 9.61 Å². The lowest BCUT2D eigenvalue weighted by Crippen LogP contribution is -1.90. The maximum atomic E-state index is 4.60. The topological polar surface area (TPSA) is 43.1 Å². The fraction of sp³-hybridized carbons (Fsp3) is 0. The first-order chi connectivity index (χ1) is 11.3. The number of fused-ring (bicyclic) bond motifs is 1. The van der Waals surface area contributed by atoms with Crippen molar-refractivity contribution in [2.24, 2.45) is 0 Å². The van der Waals surface area contributed by atoms with Crippen molar-refractivity contribution >= 4 is 44.4 Å². The zero-order valence-corrected chi connectivity index (χ0v) is 14.3. The van der Waals surface area contributed by atoms with E-state index in [0.29, 0.717) is 0 Å². The van der Waals surface area contributed by atoms with Gasteiger partial charge in [0.2, 0.25) is 4.96 Å². The normalized spacial score (nSPS) is 11.5. The first kappa shape index (κ1) is 14.3. The minimum atomic E-state index is 0.753. The fourth-order valence-electron chi connectivity index (χ4n) is 2.21. The van der Waals surface area contributed by atoms with Crippen molar-refractivity contribution in [1.82, 2.24) is 19.8 Å². The molecule has 0 aliphatic heterocycles. The molecule has 23 heavy (non-hydrogen) atoms. The summed E-state index contributed by atoms with van der Waals surface area (Å²) in [5.74, 6) is 0.753. The molecule has 0 bridgehead atoms. The van der Waals surface area contributed by atoms with Gasteiger partial charge >= 0.3 is 0 Å². The smallest absolute Gasteiger partial charge is 0.182 e. The molecule has 2 aromatic carbocycles. The summed E-state index contributed by atoms with van der Waals surface area (Å²) in [5.41, 5.74) is 2.14. The van der Waals surface area contributed by atoms with E-state index in [2.05, 4.69) is 43.4 Å². The Morgan fingerprint density at radius 2 is 1.70 bits per heavy atom. The Labute approximate surface area is 145 Å². The van der Waals surface area contributed by atoms with Crippen molar-refractivity contribution < 1.29 is 0 Å². The van der Waals surface area contributed by atoms with Gasteiger partial charge in [-0.15, -0.1) is 10.2 Å². The van der Waals surface area contributed by atoms with Gasteiger partial charge in [-0.05, 0) is 23.8 Å². The highest BCUT2D eigenvalue weighted by Gasteiger charge is 2.12. The van der Waals surface area contributed by atoms with E-state index in [1.165, 1.54) is 11.3 Å². The third-order valence-electron chi connectivity index (χ3n) is 3.33. The average molecular weight is 383 g/mol. The molecule has 0 saturated carbocycles. The summed E-state index contributed by atoms with van der Waals surface area (Å²) in [5, 5.41) is 14.0. The molecule has 2 aromatic heterocycles. The highest BCUT2D eigenvalue weighted by atomic mass is 79.9. The molecule has 0 fully saturated rings. The molecule has 0 spiro atoms. The minimum absolute atomic E-state index is 0.753. The van der Waals surface area contributed by atoms with Crippen LogP contribution in [-0.4, -0.2) is 19.8 Å². The minimum Gasteiger partial charge on any atom is -0.182 e. The first-order valence-corrected chi connectivity index (χ1v) is 8.62. The van der Waals surface area contributed by atoms with E-state index in [1.54, 1.807) is 4.52 Å². The monoisotopic (exact) mass is 382 g/mol. The molecule has 4 nitrogen and oxygen atoms in total. The summed E-state index contributed by atoms with van der Waals surface area (Å²) in [6.45, 7) is 0. The van der Waals surface area contributed by atoms with E-state index < -0.39 is 0 Å². The third-order valence-corrected chi connectivity index (χ3v) is 4.72. The van der Waals surface area contributed by atoms with Crippen LogP contribution in [0.3, 0.4) is 0 Å². The average Bonchev–Trinajstić information content (AvgIpc) is 3.15. The van der Waals surface area contributed by atoms with Crippen molar-refractivity contribution in [2.75, 3.05) is 0 Å². The van der Waals surface area contributed by atoms with Gasteiger partial charge in [-0.25, -0.2) is 0 Å². The molecule has 0 aliphatic carbocycles. The first-order valence-electron chi connectivity index (χ1n) is 7.01. The van der Waals surface area contributed by atoms with Gasteiger partial charge in [0.25, 0.3) is 0 Å². The van der Waals surface area contributed by atoms with Crippen LogP contribution in [0.4, 0.5) is 0 Å². The maximum absolute atomic E-state index is 4.60. The van der Waals surface area contributed by atoms with Crippen LogP contribution in [0.15, 0.2) is 59.1 Å². The summed E-state index contributed by atoms with van der Waals surface area (Å²) in [4.78, 5) is 0.788. The summed E-state index contributed by atoms with van der Waals surface area (Å²) in [7, 11) is 0. The van der Waals surface area contributed by atoms with Crippen molar-refractivity contribution in [1.29, 1.82) is 0 Å². The molecule has 0 amide bonds. The number of hydrogen-bond donors (Lipinski definition) is 0. The Balaban J connectivity index is 1.69. The highest BCUT2D eigenvalue weighted by Crippen LogP contribution is 2.24. The molecule has 4 rings (SSSR count). The Morgan fingerprint density at radius 1 is 0.913 bits per heavy atom. The van der Waals surface area contributed by atoms with Crippen LogP contribution in [0.25, 0.3) is 28.5 Å². The van der Waals surface area contributed by atoms with Gasteiger partial charge in [0.15, 0.2) is 5.82 Å². The van der Waals surface area contributed by atoms with Crippen molar-refractivity contribution in [3.63, 3.8) is 0 Å². The van der Waals surface area contributed by atoms with Gasteiger partial charge in [-0.1, -0.05) is 75.8 Å². The van der Waals surface area contributed by atoms with Crippen LogP contribution in [0.5, 0.6) is 0 Å². The summed E-state index contributed by atoms with van der Waals surface area (Å²) in [6, 6.07) is 18.1. The largest absolute Gasteiger partial charge is 0.235 e. The van der Waals surface area contributed by atoms with Crippen molar-refractivity contribution in [3.8, 4) is 11.4 Å². The van der Waals surface area contributed by atoms with E-state index in [9.17, 15) is 0 Å². The van der Waals surface area contributed by atoms with E-state index in [-0.39, 0.29) is 0 Å². The van der Waals surface area contributed by atoms with E-state index in [4.69, 9.17) is 0 Å². The summed E-state index contributed by atoms with van der Waals surface area (Å²) < 4.78 is 2.82. The standard InChI is InChI=1S/C17H11BrN4S/c18-14-9-7-13(8-10-14)16-19-20-17-22(16)21-15(23-17)11-6-12-4-2-1-3-5-12/h1-11H. The number of hydrogen-bond acceptors (Lipinski definition) is 4. The molecule has 0 unspecified atom stereocenters. The van der Waals surface area contributed by atoms with Gasteiger partial charge in [0.05, 0.1) is 0 Å². The number of rotatable bonds is 3. The lowest BCUT2D eigenvalue weighted by Gasteiger charge is -1.96. The van der Waals surface area contributed by atoms with Gasteiger partial charge in [-0.3, -0.25) is 0 Å². The van der Waals surface area contributed by atoms with Crippen LogP contribution in [0.1, 0.15) is 10.6 Å². The molecule has 0 N–H and O–H groups in total. The number of aromatic nitrogens is 4. The molecule has 6 heteroatoms. The zero-order chi connectivity index (χ0) is 15.6. The zero-order valence-electron chi connectivity index (χ0n) is 11.9. The molecule has 0 atom stereocenters. The van der Waals surface area contributed by atoms with Gasteiger partial charge < -0.3 is 0 Å². The van der Waals surface area contributed by atoms with Gasteiger partial charge in [0, 0.05) is 10.0 Å². The van der Waals surface area contributed by atoms with E-state index in [0.717, 1.165) is 31.4 Å². The lowest BCUT2D eigenvalue weighted by molar-refractivity contribution is 0.960. The lowest BCUT2D eigenvalue weighted by atomic mass is 10.2. The molecule has 0 aliphatic rings. The molecular formula is C17H11BrN4S. The van der Waals surface area contributed by atoms with E-state index in [1.807, 2.05) is 54.6 Å². The second kappa shape index (κ2) is 6.06. The molecular weight excluding hydrogens is 372 g/mol. The number of halogens is 1. The van der Waals surface area contributed by atoms with Crippen LogP contribution >= 0.6 is 27.3 Å². The predicted molar refractivity (Wildman–Crippen MR) is 97.2 cm³/mol. The predicted octanol–water partition coefficient (Wildman–Crippen LogP) is 4.79. The SMILES string of the molecule is Brc1ccc(-c2nnc3sc(C=Cc4ccccc4)nn23)cc1. The molecule has 4 aromatic rings. The summed E-state index contributed by atoms with van der Waals surface area (Å²) >= 11 is 4.96. The Hall–Kier alpha value is -2.31. The fourth-order valence-corrected chi connectivity index (χ4v) is 3.22. The molecule has 0 saturated heterocycles. The second-order valence-corrected chi connectivity index (χ2v) is 6.81. The number of nitrogens with zero attached hydrogens (tertiary/aromatic N) is 4. The molecule has 2 heterocycles. The number of benzene rings is 2. The molecule has 112 valence electrons. The maximum Gasteiger partial charge on any atom is 0.235 e. The highest BCUT2D eigenvalue weighted by molar-refractivity contribution is 9.10. The Bertz CT molecular complexity index is 971. The van der Waals surface area contributed by atoms with E-state index >= 15 is 0 Å². The second-order valence-electron chi connectivity index (χ2n) is 4.91. The Morgan fingerprint density at radius 3 is 2.48 bits per heavy atom. The Kier molecular flexibility index (Phi) is 3.77. The van der Waals surface area contributed by atoms with Gasteiger partial charge in [0.1, 0.15) is 5.01 Å². The van der Waals surface area contributed by atoms with Crippen LogP contribution < -0.4 is 0 Å². The molecule has 0 radical (unpaired) electrons. The summed E-state index contributed by atoms with van der Waals surface area (Å²) in [6.07, 6.45) is 4.05. The quantitative estimate of drug-likeness (QED) is 0.511.